The zero-order chi connectivity index (χ0) is 11.5. The molecule has 1 unspecified atom stereocenters. The van der Waals surface area contributed by atoms with Crippen LogP contribution in [0.1, 0.15) is 31.2 Å². The lowest BCUT2D eigenvalue weighted by molar-refractivity contribution is 0.155. The Balaban J connectivity index is 2.78. The summed E-state index contributed by atoms with van der Waals surface area (Å²) in [6.07, 6.45) is 1.67. The van der Waals surface area contributed by atoms with E-state index in [0.717, 1.165) is 17.8 Å². The van der Waals surface area contributed by atoms with Crippen molar-refractivity contribution in [3.05, 3.63) is 17.5 Å². The Bertz CT molecular complexity index is 322. The van der Waals surface area contributed by atoms with Crippen LogP contribution in [0.25, 0.3) is 0 Å². The van der Waals surface area contributed by atoms with Gasteiger partial charge in [0.15, 0.2) is 0 Å². The molecule has 1 aromatic rings. The lowest BCUT2D eigenvalue weighted by Crippen LogP contribution is -2.35. The molecule has 1 rings (SSSR count). The molecule has 0 amide bonds. The molecule has 0 bridgehead atoms. The summed E-state index contributed by atoms with van der Waals surface area (Å²) in [5.41, 5.74) is 6.04. The first kappa shape index (κ1) is 12.2. The summed E-state index contributed by atoms with van der Waals surface area (Å²) in [4.78, 5) is 0. The molecule has 1 atom stereocenters. The Morgan fingerprint density at radius 2 is 2.27 bits per heavy atom. The van der Waals surface area contributed by atoms with Gasteiger partial charge in [0.1, 0.15) is 5.67 Å². The van der Waals surface area contributed by atoms with E-state index in [1.807, 2.05) is 27.0 Å². The van der Waals surface area contributed by atoms with Gasteiger partial charge in [0.2, 0.25) is 0 Å². The largest absolute Gasteiger partial charge is 0.328 e. The monoisotopic (exact) mass is 213 g/mol. The highest BCUT2D eigenvalue weighted by molar-refractivity contribution is 5.11. The Morgan fingerprint density at radius 3 is 2.67 bits per heavy atom. The van der Waals surface area contributed by atoms with E-state index in [2.05, 4.69) is 5.10 Å². The zero-order valence-electron chi connectivity index (χ0n) is 9.76. The number of aromatic nitrogens is 2. The SMILES string of the molecule is CCCC(F)(CN)Cc1cc(C)nn1C. The number of nitrogens with two attached hydrogens (primary N) is 1. The molecule has 15 heavy (non-hydrogen) atoms. The van der Waals surface area contributed by atoms with E-state index >= 15 is 0 Å². The molecule has 0 saturated carbocycles. The third-order valence-corrected chi connectivity index (χ3v) is 2.66. The van der Waals surface area contributed by atoms with Crippen LogP contribution in [0, 0.1) is 6.92 Å². The molecule has 0 aliphatic rings. The Morgan fingerprint density at radius 1 is 1.60 bits per heavy atom. The third-order valence-electron chi connectivity index (χ3n) is 2.66. The quantitative estimate of drug-likeness (QED) is 0.809. The van der Waals surface area contributed by atoms with Crippen molar-refractivity contribution >= 4 is 0 Å². The fourth-order valence-corrected chi connectivity index (χ4v) is 1.86. The second-order valence-corrected chi connectivity index (χ2v) is 4.18. The van der Waals surface area contributed by atoms with Gasteiger partial charge in [-0.25, -0.2) is 4.39 Å². The minimum Gasteiger partial charge on any atom is -0.328 e. The van der Waals surface area contributed by atoms with Crippen molar-refractivity contribution in [2.75, 3.05) is 6.54 Å². The summed E-state index contributed by atoms with van der Waals surface area (Å²) in [6, 6.07) is 1.92. The standard InChI is InChI=1S/C11H20FN3/c1-4-5-11(12,8-13)7-10-6-9(2)14-15(10)3/h6H,4-5,7-8,13H2,1-3H3. The summed E-state index contributed by atoms with van der Waals surface area (Å²) in [7, 11) is 1.84. The molecule has 86 valence electrons. The second kappa shape index (κ2) is 4.75. The van der Waals surface area contributed by atoms with Gasteiger partial charge in [0.05, 0.1) is 5.69 Å². The minimum absolute atomic E-state index is 0.0745. The highest BCUT2D eigenvalue weighted by Gasteiger charge is 2.28. The summed E-state index contributed by atoms with van der Waals surface area (Å²) >= 11 is 0. The molecule has 2 N–H and O–H groups in total. The first-order valence-electron chi connectivity index (χ1n) is 5.39. The number of alkyl halides is 1. The lowest BCUT2D eigenvalue weighted by Gasteiger charge is -2.22. The predicted molar refractivity (Wildman–Crippen MR) is 59.5 cm³/mol. The van der Waals surface area contributed by atoms with Crippen LogP contribution < -0.4 is 5.73 Å². The van der Waals surface area contributed by atoms with Crippen molar-refractivity contribution in [3.63, 3.8) is 0 Å². The summed E-state index contributed by atoms with van der Waals surface area (Å²) in [5, 5.41) is 4.20. The van der Waals surface area contributed by atoms with Gasteiger partial charge in [0, 0.05) is 25.7 Å². The average Bonchev–Trinajstić information content (AvgIpc) is 2.45. The van der Waals surface area contributed by atoms with Gasteiger partial charge in [0.25, 0.3) is 0 Å². The van der Waals surface area contributed by atoms with Crippen LogP contribution in [0.15, 0.2) is 6.07 Å². The highest BCUT2D eigenvalue weighted by atomic mass is 19.1. The number of hydrogen-bond acceptors (Lipinski definition) is 2. The summed E-state index contributed by atoms with van der Waals surface area (Å²) in [5.74, 6) is 0. The number of aryl methyl sites for hydroxylation is 2. The number of rotatable bonds is 5. The number of hydrogen-bond donors (Lipinski definition) is 1. The summed E-state index contributed by atoms with van der Waals surface area (Å²) in [6.45, 7) is 3.95. The van der Waals surface area contributed by atoms with Crippen molar-refractivity contribution in [2.24, 2.45) is 12.8 Å². The van der Waals surface area contributed by atoms with Crippen molar-refractivity contribution in [1.29, 1.82) is 0 Å². The molecule has 0 saturated heterocycles. The van der Waals surface area contributed by atoms with Gasteiger partial charge in [-0.05, 0) is 19.4 Å². The molecular formula is C11H20FN3. The predicted octanol–water partition coefficient (Wildman–Crippen LogP) is 1.74. The van der Waals surface area contributed by atoms with E-state index in [1.54, 1.807) is 4.68 Å². The van der Waals surface area contributed by atoms with E-state index in [4.69, 9.17) is 5.73 Å². The minimum atomic E-state index is -1.28. The maximum absolute atomic E-state index is 14.2. The smallest absolute Gasteiger partial charge is 0.128 e. The van der Waals surface area contributed by atoms with Crippen LogP contribution in [0.5, 0.6) is 0 Å². The van der Waals surface area contributed by atoms with Crippen LogP contribution in [0.4, 0.5) is 4.39 Å². The molecule has 0 spiro atoms. The van der Waals surface area contributed by atoms with Crippen LogP contribution in [-0.2, 0) is 13.5 Å². The first-order chi connectivity index (χ1) is 7.00. The number of halogens is 1. The summed E-state index contributed by atoms with van der Waals surface area (Å²) < 4.78 is 16.0. The molecule has 0 aromatic carbocycles. The molecule has 3 nitrogen and oxygen atoms in total. The molecular weight excluding hydrogens is 193 g/mol. The van der Waals surface area contributed by atoms with E-state index in [-0.39, 0.29) is 6.54 Å². The van der Waals surface area contributed by atoms with Gasteiger partial charge in [-0.15, -0.1) is 0 Å². The van der Waals surface area contributed by atoms with E-state index < -0.39 is 5.67 Å². The van der Waals surface area contributed by atoms with E-state index in [0.29, 0.717) is 12.8 Å². The lowest BCUT2D eigenvalue weighted by atomic mass is 9.94. The molecule has 0 aliphatic heterocycles. The average molecular weight is 213 g/mol. The molecule has 1 aromatic heterocycles. The van der Waals surface area contributed by atoms with Crippen molar-refractivity contribution in [3.8, 4) is 0 Å². The molecule has 0 radical (unpaired) electrons. The fourth-order valence-electron chi connectivity index (χ4n) is 1.86. The van der Waals surface area contributed by atoms with Crippen molar-refractivity contribution in [1.82, 2.24) is 9.78 Å². The topological polar surface area (TPSA) is 43.8 Å². The zero-order valence-corrected chi connectivity index (χ0v) is 9.76. The highest BCUT2D eigenvalue weighted by Crippen LogP contribution is 2.22. The maximum atomic E-state index is 14.2. The Hall–Kier alpha value is -0.900. The van der Waals surface area contributed by atoms with Gasteiger partial charge >= 0.3 is 0 Å². The Labute approximate surface area is 90.5 Å². The second-order valence-electron chi connectivity index (χ2n) is 4.18. The fraction of sp³-hybridized carbons (Fsp3) is 0.727. The first-order valence-corrected chi connectivity index (χ1v) is 5.39. The van der Waals surface area contributed by atoms with E-state index in [1.165, 1.54) is 0 Å². The van der Waals surface area contributed by atoms with Crippen LogP contribution >= 0.6 is 0 Å². The van der Waals surface area contributed by atoms with Crippen LogP contribution in [0.3, 0.4) is 0 Å². The third kappa shape index (κ3) is 3.02. The molecule has 0 fully saturated rings. The van der Waals surface area contributed by atoms with E-state index in [9.17, 15) is 4.39 Å². The van der Waals surface area contributed by atoms with Crippen molar-refractivity contribution in [2.45, 2.75) is 38.8 Å². The van der Waals surface area contributed by atoms with Crippen molar-refractivity contribution < 1.29 is 4.39 Å². The van der Waals surface area contributed by atoms with Crippen LogP contribution in [0.2, 0.25) is 0 Å². The molecule has 4 heteroatoms. The van der Waals surface area contributed by atoms with Gasteiger partial charge in [-0.1, -0.05) is 13.3 Å². The van der Waals surface area contributed by atoms with Gasteiger partial charge < -0.3 is 5.73 Å². The van der Waals surface area contributed by atoms with Crippen LogP contribution in [-0.4, -0.2) is 22.0 Å². The van der Waals surface area contributed by atoms with Gasteiger partial charge in [-0.2, -0.15) is 5.10 Å². The molecule has 1 heterocycles. The molecule has 0 aliphatic carbocycles. The Kier molecular flexibility index (Phi) is 3.85. The maximum Gasteiger partial charge on any atom is 0.128 e. The normalized spacial score (nSPS) is 15.3. The van der Waals surface area contributed by atoms with Gasteiger partial charge in [-0.3, -0.25) is 4.68 Å². The number of nitrogens with zero attached hydrogens (tertiary/aromatic N) is 2.